The first-order valence-corrected chi connectivity index (χ1v) is 7.87. The smallest absolute Gasteiger partial charge is 0.252 e. The van der Waals surface area contributed by atoms with Gasteiger partial charge in [-0.2, -0.15) is 11.8 Å². The van der Waals surface area contributed by atoms with Gasteiger partial charge >= 0.3 is 0 Å². The zero-order chi connectivity index (χ0) is 12.8. The van der Waals surface area contributed by atoms with Crippen LogP contribution in [0.3, 0.4) is 0 Å². The number of nitrogens with one attached hydrogen (secondary N) is 1. The second-order valence-electron chi connectivity index (χ2n) is 4.10. The summed E-state index contributed by atoms with van der Waals surface area (Å²) in [5.74, 6) is 8.32. The summed E-state index contributed by atoms with van der Waals surface area (Å²) in [6, 6.07) is 1.77. The summed E-state index contributed by atoms with van der Waals surface area (Å²) in [6.45, 7) is 0.609. The lowest BCUT2D eigenvalue weighted by molar-refractivity contribution is 0.0949. The number of aliphatic hydroxyl groups is 1. The van der Waals surface area contributed by atoms with E-state index in [0.29, 0.717) is 11.5 Å². The minimum absolute atomic E-state index is 0.0276. The maximum Gasteiger partial charge on any atom is 0.252 e. The Morgan fingerprint density at radius 2 is 2.50 bits per heavy atom. The lowest BCUT2D eigenvalue weighted by atomic mass is 10.1. The molecule has 2 heterocycles. The highest BCUT2D eigenvalue weighted by atomic mass is 32.2. The highest BCUT2D eigenvalue weighted by Gasteiger charge is 2.16. The van der Waals surface area contributed by atoms with Gasteiger partial charge in [-0.05, 0) is 29.9 Å². The van der Waals surface area contributed by atoms with Gasteiger partial charge in [-0.15, -0.1) is 11.3 Å². The molecule has 1 fully saturated rings. The van der Waals surface area contributed by atoms with E-state index in [1.165, 1.54) is 23.5 Å². The lowest BCUT2D eigenvalue weighted by Crippen LogP contribution is -2.28. The fourth-order valence-electron chi connectivity index (χ4n) is 1.73. The molecule has 0 aromatic carbocycles. The van der Waals surface area contributed by atoms with Crippen molar-refractivity contribution in [3.8, 4) is 11.8 Å². The third-order valence-electron chi connectivity index (χ3n) is 2.73. The molecule has 1 aromatic heterocycles. The molecule has 1 aliphatic heterocycles. The molecule has 18 heavy (non-hydrogen) atoms. The highest BCUT2D eigenvalue weighted by Crippen LogP contribution is 2.22. The van der Waals surface area contributed by atoms with Crippen LogP contribution in [0.15, 0.2) is 11.4 Å². The van der Waals surface area contributed by atoms with Gasteiger partial charge in [-0.25, -0.2) is 0 Å². The topological polar surface area (TPSA) is 49.3 Å². The van der Waals surface area contributed by atoms with Crippen molar-refractivity contribution in [2.45, 2.75) is 6.42 Å². The number of thioether (sulfide) groups is 1. The fourth-order valence-corrected chi connectivity index (χ4v) is 3.77. The van der Waals surface area contributed by atoms with Gasteiger partial charge in [0, 0.05) is 11.9 Å². The third-order valence-corrected chi connectivity index (χ3v) is 4.80. The van der Waals surface area contributed by atoms with Crippen LogP contribution in [0.4, 0.5) is 0 Å². The SMILES string of the molecule is O=C(NCC1CCSC1)c1csc(C#CCO)c1. The van der Waals surface area contributed by atoms with Crippen LogP contribution in [0.1, 0.15) is 21.7 Å². The Kier molecular flexibility index (Phi) is 5.12. The summed E-state index contributed by atoms with van der Waals surface area (Å²) in [5.41, 5.74) is 0.660. The molecule has 0 aliphatic carbocycles. The van der Waals surface area contributed by atoms with Gasteiger partial charge in [0.05, 0.1) is 10.4 Å². The molecule has 0 spiro atoms. The number of hydrogen-bond donors (Lipinski definition) is 2. The van der Waals surface area contributed by atoms with Crippen molar-refractivity contribution in [1.82, 2.24) is 5.32 Å². The van der Waals surface area contributed by atoms with Gasteiger partial charge in [-0.1, -0.05) is 11.8 Å². The second-order valence-corrected chi connectivity index (χ2v) is 6.16. The predicted molar refractivity (Wildman–Crippen MR) is 76.0 cm³/mol. The molecule has 1 saturated heterocycles. The van der Waals surface area contributed by atoms with Crippen molar-refractivity contribution in [2.75, 3.05) is 24.7 Å². The number of hydrogen-bond acceptors (Lipinski definition) is 4. The Morgan fingerprint density at radius 3 is 3.22 bits per heavy atom. The van der Waals surface area contributed by atoms with Gasteiger partial charge < -0.3 is 10.4 Å². The van der Waals surface area contributed by atoms with Gasteiger partial charge in [0.25, 0.3) is 5.91 Å². The average molecular weight is 281 g/mol. The van der Waals surface area contributed by atoms with E-state index in [1.54, 1.807) is 11.4 Å². The molecule has 1 atom stereocenters. The van der Waals surface area contributed by atoms with Crippen LogP contribution < -0.4 is 5.32 Å². The summed E-state index contributed by atoms with van der Waals surface area (Å²) in [5, 5.41) is 13.4. The van der Waals surface area contributed by atoms with Crippen LogP contribution in [-0.2, 0) is 0 Å². The normalized spacial score (nSPS) is 18.2. The molecule has 3 nitrogen and oxygen atoms in total. The Hall–Kier alpha value is -0.960. The maximum atomic E-state index is 11.9. The van der Waals surface area contributed by atoms with Crippen LogP contribution in [0.5, 0.6) is 0 Å². The molecule has 96 valence electrons. The maximum absolute atomic E-state index is 11.9. The molecule has 1 aromatic rings. The van der Waals surface area contributed by atoms with Gasteiger partial charge in [0.1, 0.15) is 6.61 Å². The van der Waals surface area contributed by atoms with E-state index >= 15 is 0 Å². The standard InChI is InChI=1S/C13H15NO2S2/c15-4-1-2-12-6-11(9-18-12)13(16)14-7-10-3-5-17-8-10/h6,9-10,15H,3-5,7-8H2,(H,14,16). The van der Waals surface area contributed by atoms with Crippen LogP contribution in [0.2, 0.25) is 0 Å². The zero-order valence-electron chi connectivity index (χ0n) is 9.94. The minimum Gasteiger partial charge on any atom is -0.384 e. The van der Waals surface area contributed by atoms with Crippen molar-refractivity contribution >= 4 is 29.0 Å². The van der Waals surface area contributed by atoms with E-state index in [2.05, 4.69) is 17.2 Å². The molecule has 0 radical (unpaired) electrons. The van der Waals surface area contributed by atoms with Crippen LogP contribution in [-0.4, -0.2) is 35.7 Å². The summed E-state index contributed by atoms with van der Waals surface area (Å²) >= 11 is 3.38. The molecule has 1 unspecified atom stereocenters. The highest BCUT2D eigenvalue weighted by molar-refractivity contribution is 7.99. The van der Waals surface area contributed by atoms with E-state index in [4.69, 9.17) is 5.11 Å². The zero-order valence-corrected chi connectivity index (χ0v) is 11.6. The first kappa shape index (κ1) is 13.5. The number of thiophene rings is 1. The number of amides is 1. The number of rotatable bonds is 3. The Balaban J connectivity index is 1.86. The van der Waals surface area contributed by atoms with Gasteiger partial charge in [0.2, 0.25) is 0 Å². The van der Waals surface area contributed by atoms with Crippen LogP contribution in [0, 0.1) is 17.8 Å². The molecular formula is C13H15NO2S2. The third kappa shape index (κ3) is 3.77. The summed E-state index contributed by atoms with van der Waals surface area (Å²) in [6.07, 6.45) is 1.20. The average Bonchev–Trinajstić information content (AvgIpc) is 3.04. The van der Waals surface area contributed by atoms with Crippen LogP contribution in [0.25, 0.3) is 0 Å². The van der Waals surface area contributed by atoms with E-state index in [-0.39, 0.29) is 12.5 Å². The van der Waals surface area contributed by atoms with E-state index < -0.39 is 0 Å². The van der Waals surface area contributed by atoms with E-state index in [0.717, 1.165) is 17.2 Å². The molecule has 2 rings (SSSR count). The second kappa shape index (κ2) is 6.83. The molecule has 0 bridgehead atoms. The summed E-state index contributed by atoms with van der Waals surface area (Å²) < 4.78 is 0. The minimum atomic E-state index is -0.154. The molecule has 2 N–H and O–H groups in total. The Morgan fingerprint density at radius 1 is 1.61 bits per heavy atom. The van der Waals surface area contributed by atoms with Crippen molar-refractivity contribution in [3.05, 3.63) is 21.9 Å². The van der Waals surface area contributed by atoms with Gasteiger partial charge in [0.15, 0.2) is 0 Å². The largest absolute Gasteiger partial charge is 0.384 e. The lowest BCUT2D eigenvalue weighted by Gasteiger charge is -2.08. The van der Waals surface area contributed by atoms with Crippen molar-refractivity contribution in [3.63, 3.8) is 0 Å². The van der Waals surface area contributed by atoms with E-state index in [9.17, 15) is 4.79 Å². The van der Waals surface area contributed by atoms with Crippen molar-refractivity contribution in [2.24, 2.45) is 5.92 Å². The van der Waals surface area contributed by atoms with Crippen molar-refractivity contribution < 1.29 is 9.90 Å². The Bertz CT molecular complexity index is 467. The number of carbonyl (C=O) groups is 1. The van der Waals surface area contributed by atoms with E-state index in [1.807, 2.05) is 11.8 Å². The summed E-state index contributed by atoms with van der Waals surface area (Å²) in [7, 11) is 0. The molecular weight excluding hydrogens is 266 g/mol. The predicted octanol–water partition coefficient (Wildman–Crippen LogP) is 1.57. The van der Waals surface area contributed by atoms with Crippen molar-refractivity contribution in [1.29, 1.82) is 0 Å². The summed E-state index contributed by atoms with van der Waals surface area (Å²) in [4.78, 5) is 12.7. The first-order valence-electron chi connectivity index (χ1n) is 5.84. The Labute approximate surface area is 115 Å². The monoisotopic (exact) mass is 281 g/mol. The number of carbonyl (C=O) groups excluding carboxylic acids is 1. The number of aliphatic hydroxyl groups excluding tert-OH is 1. The van der Waals surface area contributed by atoms with Crippen LogP contribution >= 0.6 is 23.1 Å². The quantitative estimate of drug-likeness (QED) is 0.827. The molecule has 0 saturated carbocycles. The molecule has 5 heteroatoms. The van der Waals surface area contributed by atoms with Gasteiger partial charge in [-0.3, -0.25) is 4.79 Å². The molecule has 1 amide bonds. The fraction of sp³-hybridized carbons (Fsp3) is 0.462. The molecule has 1 aliphatic rings. The first-order chi connectivity index (χ1) is 8.79.